The molecule has 0 fully saturated rings. The van der Waals surface area contributed by atoms with Crippen LogP contribution < -0.4 is 36.6 Å². The number of amides is 6. The van der Waals surface area contributed by atoms with Crippen LogP contribution in [0.2, 0.25) is 0 Å². The highest BCUT2D eigenvalue weighted by Gasteiger charge is 2.32. The van der Waals surface area contributed by atoms with Crippen molar-refractivity contribution in [2.24, 2.45) is 0 Å². The number of para-hydroxylation sites is 1. The topological polar surface area (TPSA) is 471 Å². The molecule has 6 amide bonds. The Labute approximate surface area is 938 Å². The summed E-state index contributed by atoms with van der Waals surface area (Å²) < 4.78 is 10.6. The number of anilines is 6. The predicted molar refractivity (Wildman–Crippen MR) is 595 cm³/mol. The van der Waals surface area contributed by atoms with E-state index in [9.17, 15) is 103 Å². The number of aromatic hydroxyl groups is 7. The lowest BCUT2D eigenvalue weighted by Crippen LogP contribution is -2.23. The van der Waals surface area contributed by atoms with E-state index < -0.39 is 22.5 Å². The molecule has 0 aliphatic carbocycles. The van der Waals surface area contributed by atoms with Crippen LogP contribution in [0, 0.1) is 17.0 Å². The second kappa shape index (κ2) is 48.7. The number of halogens is 13. The van der Waals surface area contributed by atoms with E-state index in [1.165, 1.54) is 115 Å². The Balaban J connectivity index is 0.000000147. The van der Waals surface area contributed by atoms with Crippen LogP contribution in [0.25, 0.3) is 0 Å². The number of nitro benzene ring substituents is 1. The molecule has 0 unspecified atom stereocenters. The molecule has 0 saturated carbocycles. The Morgan fingerprint density at radius 1 is 0.308 bits per heavy atom. The molecule has 742 valence electrons. The first-order chi connectivity index (χ1) is 69.2. The van der Waals surface area contributed by atoms with E-state index in [1.54, 1.807) is 55.6 Å². The van der Waals surface area contributed by atoms with Gasteiger partial charge in [0.2, 0.25) is 0 Å². The van der Waals surface area contributed by atoms with Crippen molar-refractivity contribution in [2.75, 3.05) is 39.0 Å². The van der Waals surface area contributed by atoms with Crippen molar-refractivity contribution in [2.45, 2.75) is 45.4 Å². The maximum Gasteiger partial charge on any atom is 0.271 e. The Hall–Kier alpha value is -12.0. The average molecular weight is 2810 g/mol. The van der Waals surface area contributed by atoms with Gasteiger partial charge in [0.15, 0.2) is 34.7 Å². The lowest BCUT2D eigenvalue weighted by Gasteiger charge is -2.21. The molecule has 13 N–H and O–H groups in total. The van der Waals surface area contributed by atoms with Gasteiger partial charge in [0.1, 0.15) is 46.0 Å². The number of carbonyl (C=O) groups excluding carboxylic acids is 12. The molecule has 6 heterocycles. The van der Waals surface area contributed by atoms with Crippen LogP contribution in [-0.2, 0) is 67.3 Å². The minimum Gasteiger partial charge on any atom is -0.508 e. The lowest BCUT2D eigenvalue weighted by molar-refractivity contribution is -0.384. The molecular formula is C104H68Br13N7O22. The van der Waals surface area contributed by atoms with Crippen LogP contribution in [0.15, 0.2) is 316 Å². The van der Waals surface area contributed by atoms with Gasteiger partial charge in [-0.3, -0.25) is 67.6 Å². The summed E-state index contributed by atoms with van der Waals surface area (Å²) in [7, 11) is 1.57. The summed E-state index contributed by atoms with van der Waals surface area (Å²) >= 11 is 41.7. The van der Waals surface area contributed by atoms with Crippen molar-refractivity contribution in [1.82, 2.24) is 0 Å². The monoisotopic (exact) mass is 2790 g/mol. The van der Waals surface area contributed by atoms with E-state index in [4.69, 9.17) is 4.74 Å². The summed E-state index contributed by atoms with van der Waals surface area (Å²) in [5.41, 5.74) is 13.9. The molecule has 6 aliphatic rings. The standard InChI is InChI=1S/C19H17NO3.C17H9Br4NO4.C17H10Br3NO3.C17H10Br2N2O5.C17H11Br2NO4.C17H11Br2NO3/c1-12-3-4-14-10-15(19(22)20-17(14)9-12)11-18(21)13-5-7-16(23-2)8-6-13;18-9-2-6(3-10(19)15(9)24)12(23)5-8-1-7-4-11(20)16(25)13(21)14(7)22-17(8)26;18-11-2-1-8-3-10(17(24)21-14(8)7-11)6-15(22)9-4-12(19)16(23)13(20)5-9;18-12-4-9(5-13(19)16(12)23)15(22)6-10-3-8-1-2-11(21(25)26)7-14(8)20-17(10)24;18-11-5-8(6-12(19)16(11)23)15(22)7-9-4-10-13(20-17(9)24)2-1-3-14(10)21;18-12-6-10(7-13(19)16(12)22)15(21)8-11-5-9-3-1-2-4-14(9)20-17(11)23/h3-9,11H,10H2,1-2H3,(H,20,22);2-5,24-25H,1H2,(H,22,26);1-2,4-7,23H,3H2,(H,21,24);1-2,4-7,23H,3H2,(H,20,24);1-3,5-7,21,23H,4H2,(H,20,24);1-4,6-8,22H,5H2,(H,20,23)/b15-11+;8-5+;2*10-6+;9-7+;11-8+. The van der Waals surface area contributed by atoms with E-state index in [0.29, 0.717) is 157 Å². The van der Waals surface area contributed by atoms with Gasteiger partial charge in [-0.2, -0.15) is 0 Å². The molecule has 6 aliphatic heterocycles. The third kappa shape index (κ3) is 27.3. The Bertz CT molecular complexity index is 7690. The first kappa shape index (κ1) is 111. The number of fused-ring (bicyclic) bond motifs is 6. The highest BCUT2D eigenvalue weighted by molar-refractivity contribution is 9.13. The number of aryl methyl sites for hydroxylation is 1. The highest BCUT2D eigenvalue weighted by atomic mass is 79.9. The van der Waals surface area contributed by atoms with Crippen LogP contribution in [-0.4, -0.2) is 118 Å². The summed E-state index contributed by atoms with van der Waals surface area (Å²) in [6.07, 6.45) is 9.70. The number of allylic oxidation sites excluding steroid dienone is 6. The number of nitrogens with one attached hydrogen (secondary N) is 6. The Morgan fingerprint density at radius 2 is 0.610 bits per heavy atom. The highest BCUT2D eigenvalue weighted by Crippen LogP contribution is 2.46. The van der Waals surface area contributed by atoms with E-state index >= 15 is 0 Å². The minimum atomic E-state index is -0.540. The number of rotatable bonds is 14. The number of benzene rings is 12. The molecule has 0 radical (unpaired) electrons. The van der Waals surface area contributed by atoms with E-state index in [0.717, 1.165) is 49.4 Å². The predicted octanol–water partition coefficient (Wildman–Crippen LogP) is 26.0. The van der Waals surface area contributed by atoms with Crippen molar-refractivity contribution in [3.63, 3.8) is 0 Å². The molecule has 18 rings (SSSR count). The van der Waals surface area contributed by atoms with Crippen molar-refractivity contribution >= 4 is 317 Å². The smallest absolute Gasteiger partial charge is 0.271 e. The van der Waals surface area contributed by atoms with Crippen LogP contribution in [0.4, 0.5) is 39.8 Å². The van der Waals surface area contributed by atoms with Gasteiger partial charge >= 0.3 is 0 Å². The number of nitro groups is 1. The number of carbonyl (C=O) groups is 12. The molecule has 0 spiro atoms. The molecule has 12 aromatic rings. The van der Waals surface area contributed by atoms with Gasteiger partial charge in [-0.05, 0) is 401 Å². The van der Waals surface area contributed by atoms with Gasteiger partial charge in [0.05, 0.1) is 77.1 Å². The molecule has 12 aromatic carbocycles. The average Bonchev–Trinajstić information content (AvgIpc) is 0.777. The third-order valence-electron chi connectivity index (χ3n) is 22.3. The fourth-order valence-corrected chi connectivity index (χ4v) is 22.3. The number of methoxy groups -OCH3 is 1. The Morgan fingerprint density at radius 3 is 0.993 bits per heavy atom. The van der Waals surface area contributed by atoms with Crippen LogP contribution >= 0.6 is 207 Å². The number of phenols is 7. The second-order valence-corrected chi connectivity index (χ2v) is 43.3. The SMILES string of the molecule is COc1ccc(C(=O)/C=C2\Cc3ccc(C)cc3NC2=O)cc1.O=C1Nc2c(cc(Br)c(O)c2Br)C/C1=C\C(=O)c1cc(Br)c(O)c(Br)c1.O=C1Nc2cc(Br)ccc2C/C1=C\C(=O)c1cc(Br)c(O)c(Br)c1.O=C1Nc2cc([N+](=O)[O-])ccc2C/C1=C\C(=O)c1cc(Br)c(O)c(Br)c1.O=C1Nc2cccc(O)c2C/C1=C\C(=O)c1cc(Br)c(O)c(Br)c1.O=C1Nc2ccccc2C/C1=C\C(=O)c1cc(Br)c(O)c(Br)c1. The first-order valence-electron chi connectivity index (χ1n) is 42.3. The zero-order chi connectivity index (χ0) is 106. The molecular weight excluding hydrogens is 2740 g/mol. The number of nitrogens with zero attached hydrogens (tertiary/aromatic N) is 1. The normalized spacial score (nSPS) is 15.0. The number of ketones is 6. The van der Waals surface area contributed by atoms with Crippen LogP contribution in [0.5, 0.6) is 46.0 Å². The third-order valence-corrected chi connectivity index (χ3v) is 30.2. The molecule has 0 atom stereocenters. The summed E-state index contributed by atoms with van der Waals surface area (Å²) in [6.45, 7) is 1.98. The molecule has 0 bridgehead atoms. The number of ether oxygens (including phenoxy) is 1. The van der Waals surface area contributed by atoms with E-state index in [2.05, 4.69) is 239 Å². The number of phenolic OH excluding ortho intramolecular Hbond substituents is 7. The second-order valence-electron chi connectivity index (χ2n) is 32.2. The molecule has 0 aromatic heterocycles. The van der Waals surface area contributed by atoms with Gasteiger partial charge in [0, 0.05) is 150 Å². The summed E-state index contributed by atoms with van der Waals surface area (Å²) in [6, 6.07) is 51.6. The maximum atomic E-state index is 12.5. The Kier molecular flexibility index (Phi) is 37.1. The minimum absolute atomic E-state index is 0.00605. The zero-order valence-corrected chi connectivity index (χ0v) is 95.3. The molecule has 29 nitrogen and oxygen atoms in total. The number of hydrogen-bond acceptors (Lipinski definition) is 22. The zero-order valence-electron chi connectivity index (χ0n) is 74.7. The summed E-state index contributed by atoms with van der Waals surface area (Å²) in [4.78, 5) is 158. The van der Waals surface area contributed by atoms with Crippen LogP contribution in [0.3, 0.4) is 0 Å². The van der Waals surface area contributed by atoms with Crippen molar-refractivity contribution in [3.05, 3.63) is 399 Å². The van der Waals surface area contributed by atoms with Crippen molar-refractivity contribution in [1.29, 1.82) is 0 Å². The van der Waals surface area contributed by atoms with Gasteiger partial charge in [-0.15, -0.1) is 0 Å². The first-order valence-corrected chi connectivity index (χ1v) is 52.6. The lowest BCUT2D eigenvalue weighted by atomic mass is 9.95. The quantitative estimate of drug-likeness (QED) is 0.0208. The maximum absolute atomic E-state index is 12.5. The largest absolute Gasteiger partial charge is 0.508 e. The van der Waals surface area contributed by atoms with Gasteiger partial charge in [-0.1, -0.05) is 58.4 Å². The van der Waals surface area contributed by atoms with Crippen molar-refractivity contribution in [3.8, 4) is 46.0 Å². The van der Waals surface area contributed by atoms with E-state index in [-0.39, 0.29) is 134 Å². The van der Waals surface area contributed by atoms with Crippen LogP contribution in [0.1, 0.15) is 101 Å². The van der Waals surface area contributed by atoms with Gasteiger partial charge < -0.3 is 72.4 Å². The molecule has 42 heteroatoms. The fraction of sp³-hybridized carbons (Fsp3) is 0.0769. The number of non-ortho nitro benzene ring substituents is 1. The fourth-order valence-electron chi connectivity index (χ4n) is 14.7. The molecule has 146 heavy (non-hydrogen) atoms. The van der Waals surface area contributed by atoms with Gasteiger partial charge in [-0.25, -0.2) is 0 Å². The van der Waals surface area contributed by atoms with Crippen molar-refractivity contribution < 1.29 is 103 Å². The molecule has 0 saturated heterocycles. The van der Waals surface area contributed by atoms with Gasteiger partial charge in [0.25, 0.3) is 41.1 Å². The summed E-state index contributed by atoms with van der Waals surface area (Å²) in [5, 5.41) is 95.6. The number of hydrogen-bond donors (Lipinski definition) is 13. The summed E-state index contributed by atoms with van der Waals surface area (Å²) in [5.74, 6) is -3.21. The van der Waals surface area contributed by atoms with E-state index in [1.807, 2.05) is 67.6 Å².